The summed E-state index contributed by atoms with van der Waals surface area (Å²) in [6, 6.07) is 8.01. The summed E-state index contributed by atoms with van der Waals surface area (Å²) in [6.45, 7) is 3.32. The third-order valence-corrected chi connectivity index (χ3v) is 2.39. The fourth-order valence-corrected chi connectivity index (χ4v) is 1.35. The molecule has 0 bridgehead atoms. The second-order valence-electron chi connectivity index (χ2n) is 3.48. The Bertz CT molecular complexity index is 393. The van der Waals surface area contributed by atoms with Crippen molar-refractivity contribution in [1.29, 1.82) is 0 Å². The van der Waals surface area contributed by atoms with Crippen LogP contribution in [0.3, 0.4) is 0 Å². The van der Waals surface area contributed by atoms with Gasteiger partial charge in [-0.25, -0.2) is 0 Å². The van der Waals surface area contributed by atoms with Gasteiger partial charge in [0.25, 0.3) is 0 Å². The van der Waals surface area contributed by atoms with E-state index in [9.17, 15) is 0 Å². The molecule has 0 unspecified atom stereocenters. The lowest BCUT2D eigenvalue weighted by molar-refractivity contribution is 0.204. The first-order valence-electron chi connectivity index (χ1n) is 5.35. The number of thiocarbonyl (C=S) groups is 1. The highest BCUT2D eigenvalue weighted by Gasteiger charge is 1.93. The Morgan fingerprint density at radius 1 is 1.47 bits per heavy atom. The van der Waals surface area contributed by atoms with Gasteiger partial charge in [-0.1, -0.05) is 24.3 Å². The maximum absolute atomic E-state index is 5.02. The van der Waals surface area contributed by atoms with Crippen molar-refractivity contribution in [3.63, 3.8) is 0 Å². The van der Waals surface area contributed by atoms with Crippen molar-refractivity contribution in [3.8, 4) is 0 Å². The molecule has 0 radical (unpaired) electrons. The first-order chi connectivity index (χ1) is 8.24. The zero-order valence-electron chi connectivity index (χ0n) is 10.1. The number of nitrogens with zero attached hydrogens (tertiary/aromatic N) is 1. The first kappa shape index (κ1) is 13.6. The van der Waals surface area contributed by atoms with Crippen LogP contribution >= 0.6 is 12.2 Å². The zero-order valence-corrected chi connectivity index (χ0v) is 10.9. The molecule has 5 heteroatoms. The molecule has 0 saturated carbocycles. The van der Waals surface area contributed by atoms with Crippen LogP contribution in [-0.2, 0) is 4.74 Å². The van der Waals surface area contributed by atoms with Crippen LogP contribution in [-0.4, -0.2) is 31.6 Å². The first-order valence-corrected chi connectivity index (χ1v) is 5.76. The predicted molar refractivity (Wildman–Crippen MR) is 74.4 cm³/mol. The van der Waals surface area contributed by atoms with Crippen molar-refractivity contribution >= 4 is 23.5 Å². The largest absolute Gasteiger partial charge is 0.383 e. The molecule has 92 valence electrons. The number of benzene rings is 1. The fourth-order valence-electron chi connectivity index (χ4n) is 1.20. The summed E-state index contributed by atoms with van der Waals surface area (Å²) >= 11 is 5.02. The summed E-state index contributed by atoms with van der Waals surface area (Å²) < 4.78 is 4.89. The van der Waals surface area contributed by atoms with Crippen molar-refractivity contribution in [2.75, 3.05) is 20.3 Å². The molecule has 0 amide bonds. The van der Waals surface area contributed by atoms with E-state index in [2.05, 4.69) is 15.8 Å². The Balaban J connectivity index is 2.35. The molecule has 0 saturated heterocycles. The third kappa shape index (κ3) is 5.42. The standard InChI is InChI=1S/C12H17N3OS/c1-10-5-3-4-6-11(10)9-14-15-12(17)13-7-8-16-2/h3-6,9H,7-8H2,1-2H3,(H2,13,15,17). The highest BCUT2D eigenvalue weighted by molar-refractivity contribution is 7.80. The molecule has 0 aliphatic carbocycles. The van der Waals surface area contributed by atoms with E-state index in [1.54, 1.807) is 13.3 Å². The number of nitrogens with one attached hydrogen (secondary N) is 2. The lowest BCUT2D eigenvalue weighted by atomic mass is 10.1. The van der Waals surface area contributed by atoms with Gasteiger partial charge >= 0.3 is 0 Å². The second-order valence-corrected chi connectivity index (χ2v) is 3.88. The van der Waals surface area contributed by atoms with E-state index >= 15 is 0 Å². The summed E-state index contributed by atoms with van der Waals surface area (Å²) in [5, 5.41) is 7.52. The van der Waals surface area contributed by atoms with Gasteiger partial charge in [0.15, 0.2) is 5.11 Å². The van der Waals surface area contributed by atoms with E-state index in [-0.39, 0.29) is 0 Å². The smallest absolute Gasteiger partial charge is 0.187 e. The van der Waals surface area contributed by atoms with Crippen LogP contribution in [0.25, 0.3) is 0 Å². The van der Waals surface area contributed by atoms with Crippen LogP contribution in [0.15, 0.2) is 29.4 Å². The number of rotatable bonds is 5. The molecule has 0 atom stereocenters. The normalized spacial score (nSPS) is 10.5. The van der Waals surface area contributed by atoms with Gasteiger partial charge in [-0.3, -0.25) is 5.43 Å². The molecule has 4 nitrogen and oxygen atoms in total. The minimum Gasteiger partial charge on any atom is -0.383 e. The van der Waals surface area contributed by atoms with Gasteiger partial charge in [-0.05, 0) is 30.3 Å². The molecule has 2 N–H and O–H groups in total. The Labute approximate surface area is 107 Å². The third-order valence-electron chi connectivity index (χ3n) is 2.15. The zero-order chi connectivity index (χ0) is 12.5. The van der Waals surface area contributed by atoms with Gasteiger partial charge in [0.05, 0.1) is 12.8 Å². The Kier molecular flexibility index (Phi) is 6.21. The van der Waals surface area contributed by atoms with Gasteiger partial charge < -0.3 is 10.1 Å². The molecule has 0 fully saturated rings. The Morgan fingerprint density at radius 2 is 2.24 bits per heavy atom. The van der Waals surface area contributed by atoms with Crippen LogP contribution in [0.5, 0.6) is 0 Å². The van der Waals surface area contributed by atoms with E-state index in [0.29, 0.717) is 18.3 Å². The van der Waals surface area contributed by atoms with Crippen molar-refractivity contribution in [2.24, 2.45) is 5.10 Å². The number of hydrogen-bond donors (Lipinski definition) is 2. The van der Waals surface area contributed by atoms with E-state index in [1.165, 1.54) is 5.56 Å². The van der Waals surface area contributed by atoms with Crippen molar-refractivity contribution in [2.45, 2.75) is 6.92 Å². The number of aryl methyl sites for hydroxylation is 1. The summed E-state index contributed by atoms with van der Waals surface area (Å²) in [5.74, 6) is 0. The molecular formula is C12H17N3OS. The molecule has 1 rings (SSSR count). The maximum Gasteiger partial charge on any atom is 0.187 e. The van der Waals surface area contributed by atoms with Gasteiger partial charge in [0, 0.05) is 13.7 Å². The van der Waals surface area contributed by atoms with Crippen molar-refractivity contribution in [3.05, 3.63) is 35.4 Å². The lowest BCUT2D eigenvalue weighted by Crippen LogP contribution is -2.34. The molecule has 0 spiro atoms. The number of methoxy groups -OCH3 is 1. The van der Waals surface area contributed by atoms with Crippen molar-refractivity contribution in [1.82, 2.24) is 10.7 Å². The molecule has 0 aliphatic rings. The molecule has 17 heavy (non-hydrogen) atoms. The SMILES string of the molecule is COCCNC(=S)NN=Cc1ccccc1C. The fraction of sp³-hybridized carbons (Fsp3) is 0.333. The van der Waals surface area contributed by atoms with Gasteiger partial charge in [-0.2, -0.15) is 5.10 Å². The maximum atomic E-state index is 5.02. The number of ether oxygens (including phenoxy) is 1. The van der Waals surface area contributed by atoms with Crippen LogP contribution in [0.2, 0.25) is 0 Å². The van der Waals surface area contributed by atoms with Crippen LogP contribution in [0.1, 0.15) is 11.1 Å². The van der Waals surface area contributed by atoms with Crippen LogP contribution < -0.4 is 10.7 Å². The molecular weight excluding hydrogens is 234 g/mol. The van der Waals surface area contributed by atoms with Crippen LogP contribution in [0, 0.1) is 6.92 Å². The molecule has 1 aromatic carbocycles. The lowest BCUT2D eigenvalue weighted by Gasteiger charge is -2.05. The second kappa shape index (κ2) is 7.76. The van der Waals surface area contributed by atoms with Crippen molar-refractivity contribution < 1.29 is 4.74 Å². The topological polar surface area (TPSA) is 45.6 Å². The average Bonchev–Trinajstić information content (AvgIpc) is 2.32. The number of hydrazone groups is 1. The highest BCUT2D eigenvalue weighted by Crippen LogP contribution is 2.02. The average molecular weight is 251 g/mol. The molecule has 0 heterocycles. The van der Waals surface area contributed by atoms with E-state index in [1.807, 2.05) is 31.2 Å². The van der Waals surface area contributed by atoms with Gasteiger partial charge in [-0.15, -0.1) is 0 Å². The quantitative estimate of drug-likeness (QED) is 0.360. The van der Waals surface area contributed by atoms with E-state index in [0.717, 1.165) is 5.56 Å². The minimum absolute atomic E-state index is 0.492. The Morgan fingerprint density at radius 3 is 2.94 bits per heavy atom. The van der Waals surface area contributed by atoms with E-state index in [4.69, 9.17) is 17.0 Å². The molecule has 0 aromatic heterocycles. The van der Waals surface area contributed by atoms with Gasteiger partial charge in [0.1, 0.15) is 0 Å². The summed E-state index contributed by atoms with van der Waals surface area (Å²) in [4.78, 5) is 0. The van der Waals surface area contributed by atoms with Crippen LogP contribution in [0.4, 0.5) is 0 Å². The van der Waals surface area contributed by atoms with E-state index < -0.39 is 0 Å². The summed E-state index contributed by atoms with van der Waals surface area (Å²) in [7, 11) is 1.65. The predicted octanol–water partition coefficient (Wildman–Crippen LogP) is 1.44. The Hall–Kier alpha value is -1.46. The summed E-state index contributed by atoms with van der Waals surface area (Å²) in [6.07, 6.45) is 1.75. The number of hydrogen-bond acceptors (Lipinski definition) is 3. The minimum atomic E-state index is 0.492. The molecule has 1 aromatic rings. The van der Waals surface area contributed by atoms with Gasteiger partial charge in [0.2, 0.25) is 0 Å². The monoisotopic (exact) mass is 251 g/mol. The summed E-state index contributed by atoms with van der Waals surface area (Å²) in [5.41, 5.74) is 5.00. The molecule has 0 aliphatic heterocycles. The highest BCUT2D eigenvalue weighted by atomic mass is 32.1.